The second-order valence-electron chi connectivity index (χ2n) is 30.7. The zero-order valence-electron chi connectivity index (χ0n) is 74.2. The normalized spacial score (nSPS) is 22.5. The Morgan fingerprint density at radius 2 is 0.181 bits per heavy atom. The molecular weight excluding hydrogens is 2030 g/mol. The molecule has 26 rings (SSSR count). The fourth-order valence-corrected chi connectivity index (χ4v) is 14.7. The van der Waals surface area contributed by atoms with E-state index in [9.17, 15) is 99.0 Å². The van der Waals surface area contributed by atoms with E-state index in [1.54, 1.807) is 182 Å². The Labute approximate surface area is 863 Å². The van der Waals surface area contributed by atoms with Gasteiger partial charge in [0.15, 0.2) is 0 Å². The van der Waals surface area contributed by atoms with Crippen molar-refractivity contribution in [1.29, 1.82) is 0 Å². The summed E-state index contributed by atoms with van der Waals surface area (Å²) in [7, 11) is 0. The van der Waals surface area contributed by atoms with Crippen molar-refractivity contribution in [3.63, 3.8) is 0 Å². The van der Waals surface area contributed by atoms with Crippen molar-refractivity contribution in [2.24, 2.45) is 0 Å². The Morgan fingerprint density at radius 3 is 0.217 bits per heavy atom. The average molecular weight is 2130 g/mol. The largest absolute Gasteiger partial charge is 3.00 e. The fraction of sp³-hybridized carbons (Fsp3) is 0.255. The van der Waals surface area contributed by atoms with Gasteiger partial charge in [0, 0.05) is 0 Å². The molecular formula is C94H98Mn6N16O22. The Kier molecular flexibility index (Phi) is 61.4. The minimum absolute atomic E-state index is 0. The molecule has 10 aromatic rings. The van der Waals surface area contributed by atoms with Crippen LogP contribution in [0.2, 0.25) is 0 Å². The van der Waals surface area contributed by atoms with Crippen molar-refractivity contribution < 1.29 is 212 Å². The minimum Gasteiger partial charge on any atom is -2.00 e. The summed E-state index contributed by atoms with van der Waals surface area (Å²) in [5, 5.41) is 101. The topological polar surface area (TPSA) is 510 Å². The van der Waals surface area contributed by atoms with Gasteiger partial charge in [-0.3, -0.25) is 78.4 Å². The zero-order chi connectivity index (χ0) is 93.1. The molecule has 0 aromatic heterocycles. The van der Waals surface area contributed by atoms with E-state index in [0.717, 1.165) is 0 Å². The molecule has 0 saturated carbocycles. The van der Waals surface area contributed by atoms with E-state index in [-0.39, 0.29) is 169 Å². The predicted octanol–water partition coefficient (Wildman–Crippen LogP) is -3.83. The summed E-state index contributed by atoms with van der Waals surface area (Å²) in [6.45, 7) is 28.5. The van der Waals surface area contributed by atoms with Crippen LogP contribution in [0, 0.1) is 0 Å². The molecule has 16 fully saturated rings. The monoisotopic (exact) mass is 2130 g/mol. The van der Waals surface area contributed by atoms with E-state index in [1.807, 2.05) is 0 Å². The van der Waals surface area contributed by atoms with Gasteiger partial charge >= 0.3 is 102 Å². The van der Waals surface area contributed by atoms with Crippen molar-refractivity contribution in [2.75, 3.05) is 160 Å². The Morgan fingerprint density at radius 1 is 0.130 bits per heavy atom. The summed E-state index contributed by atoms with van der Waals surface area (Å²) in [5.74, 6) is -11.3. The molecule has 38 nitrogen and oxygen atoms in total. The van der Waals surface area contributed by atoms with Crippen LogP contribution in [0.4, 0.5) is 0 Å². The Hall–Kier alpha value is -10.7. The van der Waals surface area contributed by atoms with Crippen LogP contribution in [0.15, 0.2) is 303 Å². The van der Waals surface area contributed by atoms with Gasteiger partial charge in [0.25, 0.3) is 0 Å². The molecule has 16 aliphatic rings. The van der Waals surface area contributed by atoms with E-state index in [1.165, 1.54) is 281 Å². The zero-order valence-corrected chi connectivity index (χ0v) is 81.3. The number of carboxylic acids is 10. The van der Waals surface area contributed by atoms with Gasteiger partial charge in [-0.25, -0.2) is 0 Å². The maximum absolute atomic E-state index is 10.1. The summed E-state index contributed by atoms with van der Waals surface area (Å²) in [4.78, 5) is 140. The third kappa shape index (κ3) is 45.9. The van der Waals surface area contributed by atoms with Crippen LogP contribution < -0.4 is 51.1 Å². The molecule has 4 radical (unpaired) electrons. The van der Waals surface area contributed by atoms with Gasteiger partial charge in [0.1, 0.15) is 0 Å². The second-order valence-corrected chi connectivity index (χ2v) is 30.7. The average Bonchev–Trinajstić information content (AvgIpc) is 0.803. The number of aromatic carboxylic acids is 10. The van der Waals surface area contributed by atoms with Crippen LogP contribution in [0.5, 0.6) is 0 Å². The van der Waals surface area contributed by atoms with Crippen LogP contribution >= 0.6 is 0 Å². The molecule has 16 heterocycles. The molecule has 138 heavy (non-hydrogen) atoms. The van der Waals surface area contributed by atoms with E-state index in [0.29, 0.717) is 0 Å². The number of benzene rings is 10. The first-order valence-corrected chi connectivity index (χ1v) is 40.9. The molecule has 16 bridgehead atoms. The van der Waals surface area contributed by atoms with Gasteiger partial charge < -0.3 is 110 Å². The van der Waals surface area contributed by atoms with Crippen molar-refractivity contribution in [2.45, 2.75) is 0 Å². The molecule has 44 heteroatoms. The van der Waals surface area contributed by atoms with E-state index in [4.69, 9.17) is 0 Å². The van der Waals surface area contributed by atoms with Gasteiger partial charge in [-0.2, -0.15) is 0 Å². The number of carbonyl (C=O) groups excluding carboxylic acids is 10. The SMILES string of the molecule is C1N2CN3CN1CN(C2)C3.C1N2CN3CN1CN(C2)C3.C1N2CN3CN1CN(C2)C3.C1N2CN3CN1CN(C2)C3.O=C([O-])c1ccccc1.O=C([O-])c1ccccc1.O=C([O-])c1ccccc1.O=C([O-])c1ccccc1.O=C([O-])c1ccccc1.O=C([O-])c1ccccc1.O=C([O-])c1ccccc1.O=C([O-])c1ccccc1.O=C([O-])c1ccccc1.O=C([O-])c1ccccc1.[Mn+2].[Mn+2].[Mn+2].[Mn+2].[Mn+3].[Mn+3].[O-2].[O-2]. The van der Waals surface area contributed by atoms with Crippen LogP contribution in [0.25, 0.3) is 0 Å². The maximum atomic E-state index is 10.1. The minimum atomic E-state index is -1.13. The third-order valence-corrected chi connectivity index (χ3v) is 19.7. The summed E-state index contributed by atoms with van der Waals surface area (Å²) >= 11 is 0. The quantitative estimate of drug-likeness (QED) is 0.118. The van der Waals surface area contributed by atoms with Gasteiger partial charge in [0.05, 0.1) is 220 Å². The summed E-state index contributed by atoms with van der Waals surface area (Å²) in [6.07, 6.45) is 0. The van der Waals surface area contributed by atoms with Gasteiger partial charge in [-0.1, -0.05) is 303 Å². The molecule has 0 spiro atoms. The molecule has 0 unspecified atom stereocenters. The summed E-state index contributed by atoms with van der Waals surface area (Å²) in [5.41, 5.74) is 2.20. The van der Waals surface area contributed by atoms with Gasteiger partial charge in [-0.05, 0) is 55.6 Å². The fourth-order valence-electron chi connectivity index (χ4n) is 14.7. The van der Waals surface area contributed by atoms with Crippen molar-refractivity contribution >= 4 is 59.7 Å². The first kappa shape index (κ1) is 125. The number of hydrogen-bond donors (Lipinski definition) is 0. The standard InChI is InChI=1S/10C7H6O2.4C6H12N4.6Mn.2O/c10*8-7(9)6-4-2-1-3-5-6;4*1-7-2-9-4-8(1)5-10(3-7)6-9;;;;;;;;/h10*1-5H,(H,8,9);4*1-6H2;;;;;;;;/q;;;;;;;;;;;;;;4*+2;2*+3;2*-2/p-10. The molecule has 16 saturated heterocycles. The molecule has 0 aliphatic carbocycles. The molecule has 16 aliphatic heterocycles. The van der Waals surface area contributed by atoms with Gasteiger partial charge in [0.2, 0.25) is 0 Å². The Bertz CT molecular complexity index is 3980. The summed E-state index contributed by atoms with van der Waals surface area (Å²) < 4.78 is 0. The molecule has 0 N–H and O–H groups in total. The number of carbonyl (C=O) groups is 10. The first-order valence-electron chi connectivity index (χ1n) is 40.9. The molecule has 10 aromatic carbocycles. The summed E-state index contributed by atoms with van der Waals surface area (Å²) in [6, 6.07) is 80.6. The Balaban J connectivity index is 0.000000740. The van der Waals surface area contributed by atoms with Crippen molar-refractivity contribution in [1.82, 2.24) is 78.4 Å². The van der Waals surface area contributed by atoms with Crippen molar-refractivity contribution in [3.05, 3.63) is 359 Å². The first-order chi connectivity index (χ1) is 62.6. The third-order valence-electron chi connectivity index (χ3n) is 19.7. The number of nitrogens with zero attached hydrogens (tertiary/aromatic N) is 16. The molecule has 728 valence electrons. The smallest absolute Gasteiger partial charge is 2.00 e. The van der Waals surface area contributed by atoms with Crippen LogP contribution in [-0.2, 0) is 113 Å². The number of carboxylic acid groups (broad SMARTS) is 10. The second kappa shape index (κ2) is 67.6. The number of rotatable bonds is 10. The number of hydrogen-bond acceptors (Lipinski definition) is 36. The van der Waals surface area contributed by atoms with Crippen LogP contribution in [0.3, 0.4) is 0 Å². The van der Waals surface area contributed by atoms with E-state index < -0.39 is 59.7 Å². The van der Waals surface area contributed by atoms with Crippen LogP contribution in [-0.4, -0.2) is 298 Å². The van der Waals surface area contributed by atoms with Crippen molar-refractivity contribution in [3.8, 4) is 0 Å². The predicted molar refractivity (Wildman–Crippen MR) is 455 cm³/mol. The molecule has 0 atom stereocenters. The van der Waals surface area contributed by atoms with Crippen LogP contribution in [0.1, 0.15) is 104 Å². The maximum Gasteiger partial charge on any atom is 3.00 e. The van der Waals surface area contributed by atoms with E-state index in [2.05, 4.69) is 78.4 Å². The van der Waals surface area contributed by atoms with E-state index >= 15 is 0 Å². The van der Waals surface area contributed by atoms with Gasteiger partial charge in [-0.15, -0.1) is 0 Å². The molecule has 0 amide bonds.